The molecule has 106 valence electrons. The Kier molecular flexibility index (Phi) is 5.14. The molecule has 0 saturated heterocycles. The smallest absolute Gasteiger partial charge is 0.303 e. The quantitative estimate of drug-likeness (QED) is 0.354. The fourth-order valence-corrected chi connectivity index (χ4v) is 2.24. The number of aliphatic hydroxyl groups excluding tert-OH is 1. The third kappa shape index (κ3) is 3.84. The van der Waals surface area contributed by atoms with E-state index in [2.05, 4.69) is 10.0 Å². The highest BCUT2D eigenvalue weighted by Crippen LogP contribution is 2.31. The Morgan fingerprint density at radius 3 is 2.26 bits per heavy atom. The van der Waals surface area contributed by atoms with Crippen molar-refractivity contribution in [3.63, 3.8) is 0 Å². The molecule has 0 aromatic heterocycles. The van der Waals surface area contributed by atoms with Crippen LogP contribution in [0.25, 0.3) is 10.4 Å². The van der Waals surface area contributed by atoms with E-state index in [0.717, 1.165) is 0 Å². The summed E-state index contributed by atoms with van der Waals surface area (Å²) in [5, 5.41) is 13.6. The van der Waals surface area contributed by atoms with E-state index < -0.39 is 36.3 Å². The Morgan fingerprint density at radius 1 is 1.26 bits per heavy atom. The molecule has 0 bridgehead atoms. The maximum absolute atomic E-state index is 11.1. The molecule has 1 aliphatic rings. The van der Waals surface area contributed by atoms with Gasteiger partial charge in [-0.1, -0.05) is 12.0 Å². The van der Waals surface area contributed by atoms with Crippen molar-refractivity contribution in [2.45, 2.75) is 51.5 Å². The second-order valence-corrected chi connectivity index (χ2v) is 4.62. The van der Waals surface area contributed by atoms with Crippen LogP contribution in [0.5, 0.6) is 0 Å². The molecule has 1 N–H and O–H groups in total. The Hall–Kier alpha value is -1.79. The summed E-state index contributed by atoms with van der Waals surface area (Å²) in [5.74, 6) is -1.44. The summed E-state index contributed by atoms with van der Waals surface area (Å²) in [6, 6.07) is -0.670. The van der Waals surface area contributed by atoms with Gasteiger partial charge in [0, 0.05) is 18.8 Å². The molecule has 0 aromatic rings. The zero-order valence-corrected chi connectivity index (χ0v) is 11.0. The number of esters is 2. The number of carbonyl (C=O) groups is 2. The van der Waals surface area contributed by atoms with E-state index in [9.17, 15) is 14.7 Å². The third-order valence-electron chi connectivity index (χ3n) is 3.04. The molecule has 1 fully saturated rings. The predicted octanol–water partition coefficient (Wildman–Crippen LogP) is 0.929. The zero-order chi connectivity index (χ0) is 14.6. The molecule has 1 aliphatic carbocycles. The van der Waals surface area contributed by atoms with Crippen LogP contribution < -0.4 is 0 Å². The number of hydrogen-bond acceptors (Lipinski definition) is 6. The SMILES string of the molecule is CC(=O)OC1C(N=[N+]=[N-])CC(C)C(O)C1OC(C)=O. The van der Waals surface area contributed by atoms with Gasteiger partial charge in [-0.25, -0.2) is 0 Å². The highest BCUT2D eigenvalue weighted by molar-refractivity contribution is 5.67. The summed E-state index contributed by atoms with van der Waals surface area (Å²) < 4.78 is 10.1. The van der Waals surface area contributed by atoms with E-state index in [1.165, 1.54) is 13.8 Å². The van der Waals surface area contributed by atoms with Crippen molar-refractivity contribution < 1.29 is 24.2 Å². The second-order valence-electron chi connectivity index (χ2n) is 4.62. The normalized spacial score (nSPS) is 34.0. The standard InChI is InChI=1S/C11H17N3O5/c1-5-4-8(13-14-12)10(18-6(2)15)11(9(5)17)19-7(3)16/h5,8-11,17H,4H2,1-3H3. The Balaban J connectivity index is 3.03. The van der Waals surface area contributed by atoms with Crippen molar-refractivity contribution in [3.8, 4) is 0 Å². The number of nitrogens with zero attached hydrogens (tertiary/aromatic N) is 3. The summed E-state index contributed by atoms with van der Waals surface area (Å²) in [4.78, 5) is 24.9. The van der Waals surface area contributed by atoms with Crippen LogP contribution >= 0.6 is 0 Å². The highest BCUT2D eigenvalue weighted by atomic mass is 16.6. The second kappa shape index (κ2) is 6.40. The van der Waals surface area contributed by atoms with Gasteiger partial charge in [0.1, 0.15) is 6.10 Å². The summed E-state index contributed by atoms with van der Waals surface area (Å²) in [7, 11) is 0. The molecule has 0 spiro atoms. The molecule has 0 heterocycles. The Labute approximate surface area is 110 Å². The van der Waals surface area contributed by atoms with Crippen LogP contribution in [0.4, 0.5) is 0 Å². The van der Waals surface area contributed by atoms with E-state index in [0.29, 0.717) is 6.42 Å². The average molecular weight is 271 g/mol. The third-order valence-corrected chi connectivity index (χ3v) is 3.04. The highest BCUT2D eigenvalue weighted by Gasteiger charge is 2.46. The van der Waals surface area contributed by atoms with Gasteiger partial charge in [0.15, 0.2) is 6.10 Å². The molecule has 0 radical (unpaired) electrons. The molecule has 8 nitrogen and oxygen atoms in total. The number of carbonyl (C=O) groups excluding carboxylic acids is 2. The first-order valence-corrected chi connectivity index (χ1v) is 5.93. The van der Waals surface area contributed by atoms with Crippen LogP contribution in [0.2, 0.25) is 0 Å². The largest absolute Gasteiger partial charge is 0.458 e. The minimum Gasteiger partial charge on any atom is -0.458 e. The summed E-state index contributed by atoms with van der Waals surface area (Å²) in [6.07, 6.45) is -2.62. The van der Waals surface area contributed by atoms with Crippen molar-refractivity contribution in [2.24, 2.45) is 11.0 Å². The number of hydrogen-bond donors (Lipinski definition) is 1. The van der Waals surface area contributed by atoms with E-state index in [1.54, 1.807) is 6.92 Å². The van der Waals surface area contributed by atoms with Crippen molar-refractivity contribution >= 4 is 11.9 Å². The van der Waals surface area contributed by atoms with Crippen LogP contribution in [0.3, 0.4) is 0 Å². The maximum Gasteiger partial charge on any atom is 0.303 e. The summed E-state index contributed by atoms with van der Waals surface area (Å²) >= 11 is 0. The predicted molar refractivity (Wildman–Crippen MR) is 63.8 cm³/mol. The van der Waals surface area contributed by atoms with Gasteiger partial charge in [0.2, 0.25) is 0 Å². The lowest BCUT2D eigenvalue weighted by atomic mass is 9.80. The topological polar surface area (TPSA) is 122 Å². The van der Waals surface area contributed by atoms with Gasteiger partial charge < -0.3 is 14.6 Å². The average Bonchev–Trinajstić information content (AvgIpc) is 2.29. The maximum atomic E-state index is 11.1. The molecule has 0 aliphatic heterocycles. The molecule has 1 rings (SSSR count). The molecule has 1 saturated carbocycles. The van der Waals surface area contributed by atoms with Gasteiger partial charge in [-0.05, 0) is 17.9 Å². The number of rotatable bonds is 3. The van der Waals surface area contributed by atoms with Crippen LogP contribution in [-0.2, 0) is 19.1 Å². The molecule has 0 aromatic carbocycles. The van der Waals surface area contributed by atoms with Gasteiger partial charge in [0.05, 0.1) is 12.1 Å². The fourth-order valence-electron chi connectivity index (χ4n) is 2.24. The monoisotopic (exact) mass is 271 g/mol. The van der Waals surface area contributed by atoms with Gasteiger partial charge in [0.25, 0.3) is 0 Å². The van der Waals surface area contributed by atoms with Crippen molar-refractivity contribution in [1.29, 1.82) is 0 Å². The first-order chi connectivity index (χ1) is 8.86. The van der Waals surface area contributed by atoms with Crippen LogP contribution in [0.15, 0.2) is 5.11 Å². The Morgan fingerprint density at radius 2 is 1.79 bits per heavy atom. The van der Waals surface area contributed by atoms with Crippen molar-refractivity contribution in [2.75, 3.05) is 0 Å². The van der Waals surface area contributed by atoms with E-state index in [4.69, 9.17) is 15.0 Å². The van der Waals surface area contributed by atoms with Crippen molar-refractivity contribution in [3.05, 3.63) is 10.4 Å². The number of ether oxygens (including phenoxy) is 2. The van der Waals surface area contributed by atoms with Crippen molar-refractivity contribution in [1.82, 2.24) is 0 Å². The minimum absolute atomic E-state index is 0.244. The molecular formula is C11H17N3O5. The molecule has 8 heteroatoms. The molecule has 5 unspecified atom stereocenters. The molecule has 19 heavy (non-hydrogen) atoms. The number of azide groups is 1. The fraction of sp³-hybridized carbons (Fsp3) is 0.818. The Bertz CT molecular complexity index is 407. The lowest BCUT2D eigenvalue weighted by Gasteiger charge is -2.40. The van der Waals surface area contributed by atoms with E-state index in [1.807, 2.05) is 0 Å². The van der Waals surface area contributed by atoms with Crippen LogP contribution in [0.1, 0.15) is 27.2 Å². The first kappa shape index (κ1) is 15.3. The van der Waals surface area contributed by atoms with Gasteiger partial charge in [-0.15, -0.1) is 0 Å². The molecule has 0 amide bonds. The van der Waals surface area contributed by atoms with Gasteiger partial charge in [-0.3, -0.25) is 9.59 Å². The van der Waals surface area contributed by atoms with Crippen LogP contribution in [-0.4, -0.2) is 41.4 Å². The molecule has 5 atom stereocenters. The van der Waals surface area contributed by atoms with Gasteiger partial charge >= 0.3 is 11.9 Å². The van der Waals surface area contributed by atoms with Crippen LogP contribution in [0, 0.1) is 5.92 Å². The minimum atomic E-state index is -1.03. The lowest BCUT2D eigenvalue weighted by molar-refractivity contribution is -0.187. The summed E-state index contributed by atoms with van der Waals surface area (Å²) in [6.45, 7) is 4.13. The van der Waals surface area contributed by atoms with E-state index in [-0.39, 0.29) is 5.92 Å². The van der Waals surface area contributed by atoms with Gasteiger partial charge in [-0.2, -0.15) is 0 Å². The molecular weight excluding hydrogens is 254 g/mol. The number of aliphatic hydroxyl groups is 1. The first-order valence-electron chi connectivity index (χ1n) is 5.93. The lowest BCUT2D eigenvalue weighted by Crippen LogP contribution is -2.55. The summed E-state index contributed by atoms with van der Waals surface area (Å²) in [5.41, 5.74) is 8.54. The zero-order valence-electron chi connectivity index (χ0n) is 11.0. The van der Waals surface area contributed by atoms with E-state index >= 15 is 0 Å².